The van der Waals surface area contributed by atoms with E-state index in [1.54, 1.807) is 11.3 Å². The first-order chi connectivity index (χ1) is 8.10. The number of thiazole rings is 1. The minimum Gasteiger partial charge on any atom is -0.391 e. The number of hydrogen-bond acceptors (Lipinski definition) is 4. The molecular formula is C13H24N2OS. The predicted octanol–water partition coefficient (Wildman–Crippen LogP) is 3.39. The lowest BCUT2D eigenvalue weighted by atomic mass is 10.1. The third-order valence-electron chi connectivity index (χ3n) is 2.83. The predicted molar refractivity (Wildman–Crippen MR) is 74.9 cm³/mol. The maximum absolute atomic E-state index is 9.33. The Labute approximate surface area is 108 Å². The van der Waals surface area contributed by atoms with Crippen LogP contribution in [0.1, 0.15) is 56.5 Å². The monoisotopic (exact) mass is 256 g/mol. The van der Waals surface area contributed by atoms with Crippen LogP contribution in [0.3, 0.4) is 0 Å². The zero-order valence-electron chi connectivity index (χ0n) is 11.4. The summed E-state index contributed by atoms with van der Waals surface area (Å²) in [7, 11) is 2.08. The Hall–Kier alpha value is -0.610. The Morgan fingerprint density at radius 3 is 2.53 bits per heavy atom. The van der Waals surface area contributed by atoms with Crippen LogP contribution >= 0.6 is 11.3 Å². The lowest BCUT2D eigenvalue weighted by Gasteiger charge is -2.15. The molecule has 0 aliphatic rings. The van der Waals surface area contributed by atoms with Gasteiger partial charge in [0, 0.05) is 13.6 Å². The highest BCUT2D eigenvalue weighted by atomic mass is 32.1. The number of unbranched alkanes of at least 4 members (excludes halogenated alkanes) is 2. The van der Waals surface area contributed by atoms with Crippen LogP contribution in [0.15, 0.2) is 0 Å². The molecule has 17 heavy (non-hydrogen) atoms. The number of anilines is 1. The maximum atomic E-state index is 9.33. The highest BCUT2D eigenvalue weighted by Gasteiger charge is 2.15. The van der Waals surface area contributed by atoms with E-state index < -0.39 is 0 Å². The summed E-state index contributed by atoms with van der Waals surface area (Å²) in [5.41, 5.74) is 1.05. The molecule has 1 heterocycles. The molecule has 0 aliphatic heterocycles. The Morgan fingerprint density at radius 1 is 1.35 bits per heavy atom. The Kier molecular flexibility index (Phi) is 5.92. The van der Waals surface area contributed by atoms with Crippen LogP contribution in [0.25, 0.3) is 0 Å². The van der Waals surface area contributed by atoms with Crippen molar-refractivity contribution in [3.05, 3.63) is 10.6 Å². The molecule has 0 aliphatic carbocycles. The topological polar surface area (TPSA) is 36.4 Å². The van der Waals surface area contributed by atoms with Gasteiger partial charge in [-0.25, -0.2) is 4.98 Å². The number of nitrogens with zero attached hydrogens (tertiary/aromatic N) is 2. The summed E-state index contributed by atoms with van der Waals surface area (Å²) in [6, 6.07) is 0. The second kappa shape index (κ2) is 6.97. The highest BCUT2D eigenvalue weighted by molar-refractivity contribution is 7.15. The van der Waals surface area contributed by atoms with Crippen LogP contribution in [0.4, 0.5) is 5.13 Å². The summed E-state index contributed by atoms with van der Waals surface area (Å²) in [4.78, 5) is 7.85. The van der Waals surface area contributed by atoms with E-state index in [2.05, 4.69) is 37.7 Å². The third kappa shape index (κ3) is 3.96. The van der Waals surface area contributed by atoms with Crippen molar-refractivity contribution < 1.29 is 5.11 Å². The van der Waals surface area contributed by atoms with Gasteiger partial charge in [-0.05, 0) is 12.3 Å². The molecule has 0 atom stereocenters. The van der Waals surface area contributed by atoms with Gasteiger partial charge in [-0.2, -0.15) is 0 Å². The molecule has 4 heteroatoms. The standard InChI is InChI=1S/C13H24N2OS/c1-5-6-7-8-15(4)13-14-12(10(2)3)11(9-16)17-13/h10,16H,5-9H2,1-4H3. The molecule has 3 nitrogen and oxygen atoms in total. The first kappa shape index (κ1) is 14.5. The number of rotatable bonds is 7. The van der Waals surface area contributed by atoms with Crippen molar-refractivity contribution >= 4 is 16.5 Å². The van der Waals surface area contributed by atoms with Gasteiger partial charge in [0.25, 0.3) is 0 Å². The zero-order chi connectivity index (χ0) is 12.8. The van der Waals surface area contributed by atoms with Crippen molar-refractivity contribution in [2.45, 2.75) is 52.6 Å². The van der Waals surface area contributed by atoms with E-state index in [1.807, 2.05) is 0 Å². The summed E-state index contributed by atoms with van der Waals surface area (Å²) in [6.07, 6.45) is 3.71. The largest absolute Gasteiger partial charge is 0.391 e. The summed E-state index contributed by atoms with van der Waals surface area (Å²) >= 11 is 1.62. The third-order valence-corrected chi connectivity index (χ3v) is 4.00. The van der Waals surface area contributed by atoms with E-state index in [9.17, 15) is 5.11 Å². The molecule has 1 aromatic rings. The molecule has 0 aromatic carbocycles. The second-order valence-corrected chi connectivity index (χ2v) is 5.81. The van der Waals surface area contributed by atoms with Crippen molar-refractivity contribution in [1.29, 1.82) is 0 Å². The van der Waals surface area contributed by atoms with Crippen LogP contribution in [0.5, 0.6) is 0 Å². The molecule has 0 bridgehead atoms. The lowest BCUT2D eigenvalue weighted by molar-refractivity contribution is 0.283. The van der Waals surface area contributed by atoms with Crippen molar-refractivity contribution in [2.24, 2.45) is 0 Å². The van der Waals surface area contributed by atoms with Gasteiger partial charge in [-0.1, -0.05) is 44.9 Å². The fraction of sp³-hybridized carbons (Fsp3) is 0.769. The maximum Gasteiger partial charge on any atom is 0.185 e. The summed E-state index contributed by atoms with van der Waals surface area (Å²) < 4.78 is 0. The van der Waals surface area contributed by atoms with Crippen molar-refractivity contribution in [3.8, 4) is 0 Å². The van der Waals surface area contributed by atoms with Crippen LogP contribution in [-0.4, -0.2) is 23.7 Å². The second-order valence-electron chi connectivity index (χ2n) is 4.75. The minimum absolute atomic E-state index is 0.105. The quantitative estimate of drug-likeness (QED) is 0.760. The Morgan fingerprint density at radius 2 is 2.06 bits per heavy atom. The number of aromatic nitrogens is 1. The number of aliphatic hydroxyl groups excluding tert-OH is 1. The normalized spacial score (nSPS) is 11.2. The fourth-order valence-electron chi connectivity index (χ4n) is 1.77. The molecule has 98 valence electrons. The molecular weight excluding hydrogens is 232 g/mol. The Balaban J connectivity index is 2.70. The van der Waals surface area contributed by atoms with Crippen molar-refractivity contribution in [2.75, 3.05) is 18.5 Å². The molecule has 0 unspecified atom stereocenters. The van der Waals surface area contributed by atoms with Crippen LogP contribution < -0.4 is 4.90 Å². The van der Waals surface area contributed by atoms with Crippen LogP contribution in [-0.2, 0) is 6.61 Å². The molecule has 0 fully saturated rings. The molecule has 1 aromatic heterocycles. The SMILES string of the molecule is CCCCCN(C)c1nc(C(C)C)c(CO)s1. The molecule has 0 amide bonds. The highest BCUT2D eigenvalue weighted by Crippen LogP contribution is 2.30. The number of hydrogen-bond donors (Lipinski definition) is 1. The smallest absolute Gasteiger partial charge is 0.185 e. The molecule has 1 N–H and O–H groups in total. The summed E-state index contributed by atoms with van der Waals surface area (Å²) in [5, 5.41) is 10.4. The number of aliphatic hydroxyl groups is 1. The zero-order valence-corrected chi connectivity index (χ0v) is 12.2. The minimum atomic E-state index is 0.105. The van der Waals surface area contributed by atoms with Gasteiger partial charge in [-0.3, -0.25) is 0 Å². The molecule has 0 radical (unpaired) electrons. The molecule has 0 saturated carbocycles. The van der Waals surface area contributed by atoms with E-state index in [0.29, 0.717) is 5.92 Å². The average molecular weight is 256 g/mol. The van der Waals surface area contributed by atoms with E-state index in [-0.39, 0.29) is 6.61 Å². The summed E-state index contributed by atoms with van der Waals surface area (Å²) in [6.45, 7) is 7.60. The van der Waals surface area contributed by atoms with Gasteiger partial charge in [0.05, 0.1) is 17.2 Å². The van der Waals surface area contributed by atoms with Gasteiger partial charge in [0.1, 0.15) is 0 Å². The van der Waals surface area contributed by atoms with Crippen LogP contribution in [0, 0.1) is 0 Å². The van der Waals surface area contributed by atoms with E-state index in [0.717, 1.165) is 22.2 Å². The molecule has 0 spiro atoms. The van der Waals surface area contributed by atoms with Crippen molar-refractivity contribution in [1.82, 2.24) is 4.98 Å². The van der Waals surface area contributed by atoms with Crippen molar-refractivity contribution in [3.63, 3.8) is 0 Å². The first-order valence-corrected chi connectivity index (χ1v) is 7.23. The Bertz CT molecular complexity index is 336. The van der Waals surface area contributed by atoms with Gasteiger partial charge in [0.2, 0.25) is 0 Å². The first-order valence-electron chi connectivity index (χ1n) is 6.41. The van der Waals surface area contributed by atoms with Gasteiger partial charge >= 0.3 is 0 Å². The van der Waals surface area contributed by atoms with Crippen LogP contribution in [0.2, 0.25) is 0 Å². The summed E-state index contributed by atoms with van der Waals surface area (Å²) in [5.74, 6) is 0.381. The van der Waals surface area contributed by atoms with E-state index >= 15 is 0 Å². The lowest BCUT2D eigenvalue weighted by Crippen LogP contribution is -2.18. The fourth-order valence-corrected chi connectivity index (χ4v) is 2.83. The molecule has 1 rings (SSSR count). The van der Waals surface area contributed by atoms with E-state index in [1.165, 1.54) is 19.3 Å². The van der Waals surface area contributed by atoms with Gasteiger partial charge < -0.3 is 10.0 Å². The van der Waals surface area contributed by atoms with Gasteiger partial charge in [-0.15, -0.1) is 0 Å². The molecule has 0 saturated heterocycles. The van der Waals surface area contributed by atoms with E-state index in [4.69, 9.17) is 0 Å². The van der Waals surface area contributed by atoms with Gasteiger partial charge in [0.15, 0.2) is 5.13 Å². The average Bonchev–Trinajstić information content (AvgIpc) is 2.73.